The molecule has 192 valence electrons. The van der Waals surface area contributed by atoms with E-state index in [1.54, 1.807) is 18.5 Å². The summed E-state index contributed by atoms with van der Waals surface area (Å²) in [5.41, 5.74) is 0.675. The second kappa shape index (κ2) is 11.1. The Balaban J connectivity index is 1.43. The molecule has 0 aliphatic carbocycles. The molecule has 0 fully saturated rings. The monoisotopic (exact) mass is 511 g/mol. The van der Waals surface area contributed by atoms with Gasteiger partial charge in [0.15, 0.2) is 29.0 Å². The molecule has 9 nitrogen and oxygen atoms in total. The predicted octanol–water partition coefficient (Wildman–Crippen LogP) is 5.14. The smallest absolute Gasteiger partial charge is 0.323 e. The fraction of sp³-hybridized carbons (Fsp3) is 0.200. The molecule has 0 aliphatic heterocycles. The summed E-state index contributed by atoms with van der Waals surface area (Å²) in [6, 6.07) is 9.45. The van der Waals surface area contributed by atoms with Crippen molar-refractivity contribution >= 4 is 17.4 Å². The number of carbonyl (C=O) groups is 1. The molecule has 2 N–H and O–H groups in total. The van der Waals surface area contributed by atoms with Crippen molar-refractivity contribution in [3.8, 4) is 23.0 Å². The number of halogens is 3. The number of nitrogens with zero attached hydrogens (tertiary/aromatic N) is 5. The molecule has 0 spiro atoms. The molecule has 2 heterocycles. The molecule has 2 aromatic heterocycles. The highest BCUT2D eigenvalue weighted by Crippen LogP contribution is 2.29. The van der Waals surface area contributed by atoms with Gasteiger partial charge in [-0.05, 0) is 51.4 Å². The molecule has 0 saturated carbocycles. The van der Waals surface area contributed by atoms with Crippen molar-refractivity contribution in [2.24, 2.45) is 0 Å². The average molecular weight is 512 g/mol. The minimum atomic E-state index is -1.10. The summed E-state index contributed by atoms with van der Waals surface area (Å²) >= 11 is 0. The van der Waals surface area contributed by atoms with Crippen LogP contribution in [0, 0.1) is 17.5 Å². The first-order valence-electron chi connectivity index (χ1n) is 11.2. The standard InChI is InChI=1S/C25H24F3N7O2/c1-15(34(2)3)13-35-14-30-33-24(35)22-12-18(8-9-29-22)37-23-7-5-17(11-21(23)28)32-25(36)31-16-4-6-19(26)20(27)10-16/h4-12,14-15H,13H2,1-3H3,(H2,31,32,36). The number of urea groups is 1. The van der Waals surface area contributed by atoms with E-state index in [4.69, 9.17) is 4.74 Å². The van der Waals surface area contributed by atoms with Crippen molar-refractivity contribution in [1.82, 2.24) is 24.6 Å². The predicted molar refractivity (Wildman–Crippen MR) is 132 cm³/mol. The number of rotatable bonds is 8. The Bertz CT molecular complexity index is 1410. The summed E-state index contributed by atoms with van der Waals surface area (Å²) in [7, 11) is 3.96. The highest BCUT2D eigenvalue weighted by atomic mass is 19.2. The zero-order valence-corrected chi connectivity index (χ0v) is 20.2. The summed E-state index contributed by atoms with van der Waals surface area (Å²) in [4.78, 5) is 18.5. The van der Waals surface area contributed by atoms with Gasteiger partial charge < -0.3 is 24.8 Å². The zero-order valence-electron chi connectivity index (χ0n) is 20.2. The molecule has 12 heteroatoms. The van der Waals surface area contributed by atoms with Gasteiger partial charge in [0.1, 0.15) is 17.8 Å². The third-order valence-corrected chi connectivity index (χ3v) is 5.51. The maximum Gasteiger partial charge on any atom is 0.323 e. The van der Waals surface area contributed by atoms with Crippen molar-refractivity contribution in [2.45, 2.75) is 19.5 Å². The lowest BCUT2D eigenvalue weighted by atomic mass is 10.2. The SMILES string of the molecule is CC(Cn1cnnc1-c1cc(Oc2ccc(NC(=O)Nc3ccc(F)c(F)c3)cc2F)ccn1)N(C)C. The van der Waals surface area contributed by atoms with Gasteiger partial charge in [-0.25, -0.2) is 18.0 Å². The van der Waals surface area contributed by atoms with E-state index < -0.39 is 23.5 Å². The quantitative estimate of drug-likeness (QED) is 0.340. The molecule has 0 saturated heterocycles. The van der Waals surface area contributed by atoms with Crippen LogP contribution in [0.2, 0.25) is 0 Å². The Labute approximate surface area is 210 Å². The maximum atomic E-state index is 14.7. The fourth-order valence-corrected chi connectivity index (χ4v) is 3.29. The van der Waals surface area contributed by atoms with Crippen LogP contribution in [-0.2, 0) is 6.54 Å². The fourth-order valence-electron chi connectivity index (χ4n) is 3.29. The van der Waals surface area contributed by atoms with E-state index in [1.165, 1.54) is 24.4 Å². The van der Waals surface area contributed by atoms with Crippen LogP contribution in [0.5, 0.6) is 11.5 Å². The van der Waals surface area contributed by atoms with Crippen LogP contribution in [0.1, 0.15) is 6.92 Å². The van der Waals surface area contributed by atoms with Crippen LogP contribution in [0.25, 0.3) is 11.5 Å². The number of amides is 2. The first-order chi connectivity index (χ1) is 17.7. The van der Waals surface area contributed by atoms with E-state index in [2.05, 4.69) is 37.6 Å². The first-order valence-corrected chi connectivity index (χ1v) is 11.2. The molecule has 4 rings (SSSR count). The summed E-state index contributed by atoms with van der Waals surface area (Å²) in [6.07, 6.45) is 3.15. The Morgan fingerprint density at radius 3 is 2.38 bits per heavy atom. The van der Waals surface area contributed by atoms with Crippen molar-refractivity contribution in [3.63, 3.8) is 0 Å². The van der Waals surface area contributed by atoms with Gasteiger partial charge in [0.25, 0.3) is 0 Å². The minimum absolute atomic E-state index is 0.0392. The van der Waals surface area contributed by atoms with Gasteiger partial charge in [-0.1, -0.05) is 0 Å². The molecule has 37 heavy (non-hydrogen) atoms. The number of pyridine rings is 1. The van der Waals surface area contributed by atoms with Gasteiger partial charge in [-0.15, -0.1) is 10.2 Å². The molecule has 4 aromatic rings. The molecule has 2 aromatic carbocycles. The van der Waals surface area contributed by atoms with E-state index in [-0.39, 0.29) is 23.2 Å². The lowest BCUT2D eigenvalue weighted by Gasteiger charge is -2.20. The molecule has 0 aliphatic rings. The van der Waals surface area contributed by atoms with Crippen molar-refractivity contribution in [1.29, 1.82) is 0 Å². The topological polar surface area (TPSA) is 97.2 Å². The molecule has 0 radical (unpaired) electrons. The Kier molecular flexibility index (Phi) is 7.68. The van der Waals surface area contributed by atoms with Crippen molar-refractivity contribution in [2.75, 3.05) is 24.7 Å². The minimum Gasteiger partial charge on any atom is -0.454 e. The van der Waals surface area contributed by atoms with Crippen LogP contribution < -0.4 is 15.4 Å². The third kappa shape index (κ3) is 6.41. The van der Waals surface area contributed by atoms with Crippen molar-refractivity contribution < 1.29 is 22.7 Å². The van der Waals surface area contributed by atoms with Gasteiger partial charge in [-0.3, -0.25) is 4.98 Å². The summed E-state index contributed by atoms with van der Waals surface area (Å²) in [5, 5.41) is 12.9. The van der Waals surface area contributed by atoms with Gasteiger partial charge in [-0.2, -0.15) is 0 Å². The Morgan fingerprint density at radius 2 is 1.70 bits per heavy atom. The molecule has 2 amide bonds. The second-order valence-corrected chi connectivity index (χ2v) is 8.45. The summed E-state index contributed by atoms with van der Waals surface area (Å²) in [5.74, 6) is -2.07. The second-order valence-electron chi connectivity index (χ2n) is 8.45. The zero-order chi connectivity index (χ0) is 26.5. The van der Waals surface area contributed by atoms with Crippen molar-refractivity contribution in [3.05, 3.63) is 78.5 Å². The van der Waals surface area contributed by atoms with Crippen LogP contribution >= 0.6 is 0 Å². The lowest BCUT2D eigenvalue weighted by molar-refractivity contribution is 0.262. The summed E-state index contributed by atoms with van der Waals surface area (Å²) in [6.45, 7) is 2.72. The van der Waals surface area contributed by atoms with Crippen LogP contribution in [0.4, 0.5) is 29.3 Å². The van der Waals surface area contributed by atoms with Gasteiger partial charge >= 0.3 is 6.03 Å². The number of hydrogen-bond acceptors (Lipinski definition) is 6. The lowest BCUT2D eigenvalue weighted by Crippen LogP contribution is -2.29. The van der Waals surface area contributed by atoms with Crippen LogP contribution in [0.15, 0.2) is 61.1 Å². The molecule has 0 bridgehead atoms. The highest BCUT2D eigenvalue weighted by Gasteiger charge is 2.15. The first kappa shape index (κ1) is 25.6. The maximum absolute atomic E-state index is 14.7. The number of aromatic nitrogens is 4. The number of nitrogens with one attached hydrogen (secondary N) is 2. The largest absolute Gasteiger partial charge is 0.454 e. The molecule has 1 atom stereocenters. The molecular weight excluding hydrogens is 487 g/mol. The number of hydrogen-bond donors (Lipinski definition) is 2. The van der Waals surface area contributed by atoms with Crippen LogP contribution in [-0.4, -0.2) is 50.8 Å². The molecular formula is C25H24F3N7O2. The van der Waals surface area contributed by atoms with E-state index in [9.17, 15) is 18.0 Å². The third-order valence-electron chi connectivity index (χ3n) is 5.51. The number of carbonyl (C=O) groups excluding carboxylic acids is 1. The van der Waals surface area contributed by atoms with Gasteiger partial charge in [0.05, 0.1) is 0 Å². The number of likely N-dealkylation sites (N-methyl/N-ethyl adjacent to an activating group) is 1. The van der Waals surface area contributed by atoms with Gasteiger partial charge in [0, 0.05) is 48.4 Å². The number of anilines is 2. The van der Waals surface area contributed by atoms with Gasteiger partial charge in [0.2, 0.25) is 0 Å². The van der Waals surface area contributed by atoms with E-state index in [1.807, 2.05) is 18.7 Å². The number of benzene rings is 2. The van der Waals surface area contributed by atoms with Crippen LogP contribution in [0.3, 0.4) is 0 Å². The van der Waals surface area contributed by atoms with E-state index in [0.29, 0.717) is 23.8 Å². The Morgan fingerprint density at radius 1 is 1.00 bits per heavy atom. The molecule has 1 unspecified atom stereocenters. The van der Waals surface area contributed by atoms with E-state index in [0.717, 1.165) is 18.2 Å². The summed E-state index contributed by atoms with van der Waals surface area (Å²) < 4.78 is 48.7. The number of ether oxygens (including phenoxy) is 1. The Hall–Kier alpha value is -4.45. The normalized spacial score (nSPS) is 11.9. The van der Waals surface area contributed by atoms with E-state index >= 15 is 0 Å². The highest BCUT2D eigenvalue weighted by molar-refractivity contribution is 5.99. The average Bonchev–Trinajstić information content (AvgIpc) is 3.31.